The number of hydrazone groups is 1. The molecule has 0 aromatic heterocycles. The van der Waals surface area contributed by atoms with Crippen molar-refractivity contribution in [1.82, 2.24) is 0 Å². The Labute approximate surface area is 65.4 Å². The highest BCUT2D eigenvalue weighted by Crippen LogP contribution is 2.06. The molecule has 0 radical (unpaired) electrons. The van der Waals surface area contributed by atoms with E-state index in [0.717, 1.165) is 0 Å². The summed E-state index contributed by atoms with van der Waals surface area (Å²) >= 11 is 0. The molecule has 0 heterocycles. The summed E-state index contributed by atoms with van der Waals surface area (Å²) in [5.74, 6) is 3.74. The van der Waals surface area contributed by atoms with Gasteiger partial charge in [0.25, 0.3) is 0 Å². The number of hydrogen-bond acceptors (Lipinski definition) is 4. The SMILES string of the molecule is CC(C)(C)OC(=O)/C(N)=N/N. The van der Waals surface area contributed by atoms with Crippen LogP contribution in [0, 0.1) is 0 Å². The number of esters is 1. The number of carbonyl (C=O) groups is 1. The Hall–Kier alpha value is -1.26. The normalized spacial score (nSPS) is 12.8. The Morgan fingerprint density at radius 3 is 2.18 bits per heavy atom. The third kappa shape index (κ3) is 4.19. The second-order valence-corrected chi connectivity index (χ2v) is 3.02. The molecule has 4 N–H and O–H groups in total. The van der Waals surface area contributed by atoms with Gasteiger partial charge in [0.05, 0.1) is 0 Å². The lowest BCUT2D eigenvalue weighted by molar-refractivity contribution is -0.146. The van der Waals surface area contributed by atoms with Gasteiger partial charge >= 0.3 is 5.97 Å². The van der Waals surface area contributed by atoms with Crippen LogP contribution in [0.15, 0.2) is 5.10 Å². The van der Waals surface area contributed by atoms with Crippen LogP contribution in [0.3, 0.4) is 0 Å². The maximum absolute atomic E-state index is 10.8. The van der Waals surface area contributed by atoms with E-state index in [1.54, 1.807) is 20.8 Å². The molecule has 0 bridgehead atoms. The molecule has 0 aromatic carbocycles. The molecule has 11 heavy (non-hydrogen) atoms. The van der Waals surface area contributed by atoms with E-state index in [1.165, 1.54) is 0 Å². The lowest BCUT2D eigenvalue weighted by Crippen LogP contribution is -2.34. The van der Waals surface area contributed by atoms with Crippen LogP contribution in [-0.4, -0.2) is 17.4 Å². The van der Waals surface area contributed by atoms with Gasteiger partial charge in [-0.2, -0.15) is 5.10 Å². The molecule has 0 unspecified atom stereocenters. The van der Waals surface area contributed by atoms with Gasteiger partial charge in [0.1, 0.15) is 5.60 Å². The van der Waals surface area contributed by atoms with Gasteiger partial charge in [0.2, 0.25) is 5.84 Å². The largest absolute Gasteiger partial charge is 0.454 e. The van der Waals surface area contributed by atoms with Crippen molar-refractivity contribution in [3.63, 3.8) is 0 Å². The molecule has 0 aromatic rings. The molecule has 0 fully saturated rings. The van der Waals surface area contributed by atoms with E-state index < -0.39 is 11.6 Å². The number of nitrogens with two attached hydrogens (primary N) is 2. The van der Waals surface area contributed by atoms with Crippen LogP contribution in [0.2, 0.25) is 0 Å². The van der Waals surface area contributed by atoms with Crippen LogP contribution in [0.25, 0.3) is 0 Å². The van der Waals surface area contributed by atoms with Crippen molar-refractivity contribution in [2.45, 2.75) is 26.4 Å². The van der Waals surface area contributed by atoms with E-state index in [2.05, 4.69) is 5.10 Å². The molecular formula is C6H13N3O2. The van der Waals surface area contributed by atoms with Crippen molar-refractivity contribution in [2.24, 2.45) is 16.7 Å². The average Bonchev–Trinajstić information content (AvgIpc) is 1.82. The molecule has 64 valence electrons. The molecule has 0 aliphatic rings. The number of nitrogens with zero attached hydrogens (tertiary/aromatic N) is 1. The maximum Gasteiger partial charge on any atom is 0.376 e. The Kier molecular flexibility index (Phi) is 2.86. The van der Waals surface area contributed by atoms with Gasteiger partial charge in [0.15, 0.2) is 0 Å². The molecule has 0 saturated heterocycles. The minimum Gasteiger partial charge on any atom is -0.454 e. The summed E-state index contributed by atoms with van der Waals surface area (Å²) in [5.41, 5.74) is 4.51. The minimum absolute atomic E-state index is 0.320. The van der Waals surface area contributed by atoms with Gasteiger partial charge in [-0.05, 0) is 20.8 Å². The molecular weight excluding hydrogens is 146 g/mol. The van der Waals surface area contributed by atoms with Gasteiger partial charge in [-0.3, -0.25) is 0 Å². The van der Waals surface area contributed by atoms with E-state index in [-0.39, 0.29) is 5.84 Å². The van der Waals surface area contributed by atoms with E-state index in [1.807, 2.05) is 0 Å². The first-order valence-electron chi connectivity index (χ1n) is 3.13. The summed E-state index contributed by atoms with van der Waals surface area (Å²) in [7, 11) is 0. The van der Waals surface area contributed by atoms with Crippen LogP contribution >= 0.6 is 0 Å². The van der Waals surface area contributed by atoms with Crippen molar-refractivity contribution < 1.29 is 9.53 Å². The second-order valence-electron chi connectivity index (χ2n) is 3.02. The summed E-state index contributed by atoms with van der Waals surface area (Å²) in [6.07, 6.45) is 0. The second kappa shape index (κ2) is 3.23. The fourth-order valence-electron chi connectivity index (χ4n) is 0.383. The summed E-state index contributed by atoms with van der Waals surface area (Å²) < 4.78 is 4.82. The Balaban J connectivity index is 4.10. The van der Waals surface area contributed by atoms with E-state index in [0.29, 0.717) is 0 Å². The number of hydrogen-bond donors (Lipinski definition) is 2. The van der Waals surface area contributed by atoms with Gasteiger partial charge in [-0.1, -0.05) is 0 Å². The Morgan fingerprint density at radius 1 is 1.45 bits per heavy atom. The molecule has 0 saturated carbocycles. The predicted molar refractivity (Wildman–Crippen MR) is 41.7 cm³/mol. The number of rotatable bonds is 0. The average molecular weight is 159 g/mol. The van der Waals surface area contributed by atoms with E-state index in [4.69, 9.17) is 16.3 Å². The molecule has 0 atom stereocenters. The first kappa shape index (κ1) is 9.74. The molecule has 0 aliphatic carbocycles. The van der Waals surface area contributed by atoms with Crippen LogP contribution in [-0.2, 0) is 9.53 Å². The highest BCUT2D eigenvalue weighted by molar-refractivity contribution is 6.34. The summed E-state index contributed by atoms with van der Waals surface area (Å²) in [4.78, 5) is 10.8. The van der Waals surface area contributed by atoms with E-state index in [9.17, 15) is 4.79 Å². The van der Waals surface area contributed by atoms with Gasteiger partial charge in [-0.15, -0.1) is 0 Å². The number of amidine groups is 1. The molecule has 0 rings (SSSR count). The predicted octanol–water partition coefficient (Wildman–Crippen LogP) is -0.441. The van der Waals surface area contributed by atoms with Crippen LogP contribution < -0.4 is 11.6 Å². The zero-order valence-electron chi connectivity index (χ0n) is 6.92. The zero-order valence-corrected chi connectivity index (χ0v) is 6.92. The van der Waals surface area contributed by atoms with Gasteiger partial charge in [-0.25, -0.2) is 4.79 Å². The third-order valence-electron chi connectivity index (χ3n) is 0.747. The van der Waals surface area contributed by atoms with Crippen molar-refractivity contribution in [3.8, 4) is 0 Å². The zero-order chi connectivity index (χ0) is 9.07. The van der Waals surface area contributed by atoms with Crippen LogP contribution in [0.4, 0.5) is 0 Å². The van der Waals surface area contributed by atoms with Gasteiger partial charge in [0, 0.05) is 0 Å². The molecule has 0 aliphatic heterocycles. The summed E-state index contributed by atoms with van der Waals surface area (Å²) in [6, 6.07) is 0. The lowest BCUT2D eigenvalue weighted by atomic mass is 10.2. The smallest absolute Gasteiger partial charge is 0.376 e. The quantitative estimate of drug-likeness (QED) is 0.165. The Morgan fingerprint density at radius 2 is 1.91 bits per heavy atom. The summed E-state index contributed by atoms with van der Waals surface area (Å²) in [5, 5.41) is 2.99. The highest BCUT2D eigenvalue weighted by Gasteiger charge is 2.18. The van der Waals surface area contributed by atoms with Crippen molar-refractivity contribution in [2.75, 3.05) is 0 Å². The topological polar surface area (TPSA) is 90.7 Å². The van der Waals surface area contributed by atoms with Crippen molar-refractivity contribution in [3.05, 3.63) is 0 Å². The number of ether oxygens (including phenoxy) is 1. The molecule has 0 spiro atoms. The fraction of sp³-hybridized carbons (Fsp3) is 0.667. The fourth-order valence-corrected chi connectivity index (χ4v) is 0.383. The van der Waals surface area contributed by atoms with Crippen LogP contribution in [0.5, 0.6) is 0 Å². The monoisotopic (exact) mass is 159 g/mol. The minimum atomic E-state index is -0.694. The summed E-state index contributed by atoms with van der Waals surface area (Å²) in [6.45, 7) is 5.19. The van der Waals surface area contributed by atoms with Crippen molar-refractivity contribution >= 4 is 11.8 Å². The standard InChI is InChI=1S/C6H13N3O2/c1-6(2,3)11-5(10)4(7)9-8/h8H2,1-3H3,(H2,7,9). The van der Waals surface area contributed by atoms with Gasteiger partial charge < -0.3 is 16.3 Å². The highest BCUT2D eigenvalue weighted by atomic mass is 16.6. The molecule has 5 heteroatoms. The molecule has 5 nitrogen and oxygen atoms in total. The van der Waals surface area contributed by atoms with Crippen molar-refractivity contribution in [1.29, 1.82) is 0 Å². The first-order valence-corrected chi connectivity index (χ1v) is 3.13. The lowest BCUT2D eigenvalue weighted by Gasteiger charge is -2.18. The first-order chi connectivity index (χ1) is 4.87. The molecule has 0 amide bonds. The van der Waals surface area contributed by atoms with Crippen LogP contribution in [0.1, 0.15) is 20.8 Å². The maximum atomic E-state index is 10.8. The number of carbonyl (C=O) groups excluding carboxylic acids is 1. The van der Waals surface area contributed by atoms with E-state index >= 15 is 0 Å². The Bertz CT molecular complexity index is 181. The third-order valence-corrected chi connectivity index (χ3v) is 0.747.